The Morgan fingerprint density at radius 3 is 2.44 bits per heavy atom. The van der Waals surface area contributed by atoms with Gasteiger partial charge in [0, 0.05) is 17.8 Å². The molecule has 10 nitrogen and oxygen atoms in total. The summed E-state index contributed by atoms with van der Waals surface area (Å²) in [5.41, 5.74) is 13.7. The molecular formula is C24H26N6O4. The predicted octanol–water partition coefficient (Wildman–Crippen LogP) is 2.97. The molecular weight excluding hydrogens is 436 g/mol. The largest absolute Gasteiger partial charge is 0.497 e. The number of benzene rings is 1. The molecule has 176 valence electrons. The fraction of sp³-hybridized carbons (Fsp3) is 0.250. The molecule has 1 unspecified atom stereocenters. The lowest BCUT2D eigenvalue weighted by Gasteiger charge is -2.30. The summed E-state index contributed by atoms with van der Waals surface area (Å²) in [5.74, 6) is -0.188. The number of primary amides is 2. The SMILES string of the molecule is COc1ccc(-c2cc3c(NC(C)C(C)(C)c4nc(C(N)=O)co4)c(C(N)=O)cnn3c2)cc1. The van der Waals surface area contributed by atoms with Gasteiger partial charge in [0.2, 0.25) is 5.89 Å². The maximum Gasteiger partial charge on any atom is 0.270 e. The molecule has 0 aliphatic carbocycles. The number of oxazole rings is 1. The van der Waals surface area contributed by atoms with Gasteiger partial charge < -0.3 is 25.9 Å². The molecule has 10 heteroatoms. The highest BCUT2D eigenvalue weighted by Gasteiger charge is 2.34. The van der Waals surface area contributed by atoms with Crippen LogP contribution in [0.25, 0.3) is 16.6 Å². The third-order valence-electron chi connectivity index (χ3n) is 6.08. The number of methoxy groups -OCH3 is 1. The Hall–Kier alpha value is -4.34. The second kappa shape index (κ2) is 8.54. The number of anilines is 1. The first kappa shape index (κ1) is 22.8. The highest BCUT2D eigenvalue weighted by Crippen LogP contribution is 2.33. The normalized spacial score (nSPS) is 12.5. The Kier molecular flexibility index (Phi) is 5.74. The zero-order valence-electron chi connectivity index (χ0n) is 19.3. The zero-order valence-corrected chi connectivity index (χ0v) is 19.3. The van der Waals surface area contributed by atoms with Gasteiger partial charge >= 0.3 is 0 Å². The number of hydrogen-bond acceptors (Lipinski definition) is 7. The van der Waals surface area contributed by atoms with Gasteiger partial charge in [-0.2, -0.15) is 5.10 Å². The second-order valence-electron chi connectivity index (χ2n) is 8.57. The molecule has 4 rings (SSSR count). The molecule has 3 heterocycles. The number of nitrogens with two attached hydrogens (primary N) is 2. The summed E-state index contributed by atoms with van der Waals surface area (Å²) in [4.78, 5) is 27.9. The standard InChI is InChI=1S/C24H26N6O4/c1-13(24(2,3)23-29-18(12-34-23)22(26)32)28-20-17(21(25)31)10-27-30-11-15(9-19(20)30)14-5-7-16(33-4)8-6-14/h5-13,28H,1-4H3,(H2,25,31)(H2,26,32). The number of nitrogens with one attached hydrogen (secondary N) is 1. The maximum atomic E-state index is 12.2. The van der Waals surface area contributed by atoms with E-state index in [-0.39, 0.29) is 17.3 Å². The van der Waals surface area contributed by atoms with Crippen molar-refractivity contribution in [2.75, 3.05) is 12.4 Å². The van der Waals surface area contributed by atoms with Gasteiger partial charge in [-0.05, 0) is 44.5 Å². The minimum atomic E-state index is -0.672. The molecule has 0 bridgehead atoms. The minimum Gasteiger partial charge on any atom is -0.497 e. The Bertz CT molecular complexity index is 1370. The quantitative estimate of drug-likeness (QED) is 0.364. The number of hydrogen-bond donors (Lipinski definition) is 3. The number of amides is 2. The third kappa shape index (κ3) is 4.05. The van der Waals surface area contributed by atoms with Crippen molar-refractivity contribution in [1.29, 1.82) is 0 Å². The predicted molar refractivity (Wildman–Crippen MR) is 127 cm³/mol. The first-order chi connectivity index (χ1) is 16.1. The van der Waals surface area contributed by atoms with E-state index < -0.39 is 17.2 Å². The van der Waals surface area contributed by atoms with Gasteiger partial charge in [0.15, 0.2) is 5.69 Å². The van der Waals surface area contributed by atoms with Crippen LogP contribution in [0.5, 0.6) is 5.75 Å². The minimum absolute atomic E-state index is 0.0510. The summed E-state index contributed by atoms with van der Waals surface area (Å²) in [7, 11) is 1.62. The van der Waals surface area contributed by atoms with Crippen LogP contribution in [0.3, 0.4) is 0 Å². The molecule has 3 aromatic heterocycles. The van der Waals surface area contributed by atoms with Crippen molar-refractivity contribution in [3.63, 3.8) is 0 Å². The van der Waals surface area contributed by atoms with Gasteiger partial charge in [-0.15, -0.1) is 0 Å². The van der Waals surface area contributed by atoms with E-state index in [1.165, 1.54) is 12.5 Å². The molecule has 1 aromatic carbocycles. The van der Waals surface area contributed by atoms with E-state index >= 15 is 0 Å². The zero-order chi connectivity index (χ0) is 24.6. The lowest BCUT2D eigenvalue weighted by atomic mass is 9.85. The number of carbonyl (C=O) groups excluding carboxylic acids is 2. The number of aromatic nitrogens is 3. The van der Waals surface area contributed by atoms with Crippen LogP contribution < -0.4 is 21.5 Å². The van der Waals surface area contributed by atoms with Crippen molar-refractivity contribution in [2.45, 2.75) is 32.2 Å². The highest BCUT2D eigenvalue weighted by atomic mass is 16.5. The van der Waals surface area contributed by atoms with Crippen LogP contribution >= 0.6 is 0 Å². The van der Waals surface area contributed by atoms with Crippen LogP contribution in [-0.2, 0) is 5.41 Å². The molecule has 0 saturated carbocycles. The van der Waals surface area contributed by atoms with Crippen LogP contribution in [0.1, 0.15) is 47.5 Å². The van der Waals surface area contributed by atoms with Gasteiger partial charge in [0.1, 0.15) is 12.0 Å². The van der Waals surface area contributed by atoms with Crippen molar-refractivity contribution in [1.82, 2.24) is 14.6 Å². The third-order valence-corrected chi connectivity index (χ3v) is 6.08. The number of fused-ring (bicyclic) bond motifs is 1. The maximum absolute atomic E-state index is 12.2. The summed E-state index contributed by atoms with van der Waals surface area (Å²) in [6.07, 6.45) is 4.54. The molecule has 0 aliphatic heterocycles. The van der Waals surface area contributed by atoms with E-state index in [4.69, 9.17) is 20.6 Å². The van der Waals surface area contributed by atoms with E-state index in [0.717, 1.165) is 16.9 Å². The van der Waals surface area contributed by atoms with Crippen LogP contribution in [0.4, 0.5) is 5.69 Å². The van der Waals surface area contributed by atoms with E-state index in [9.17, 15) is 9.59 Å². The molecule has 4 aromatic rings. The topological polar surface area (TPSA) is 151 Å². The van der Waals surface area contributed by atoms with Gasteiger partial charge in [-0.1, -0.05) is 12.1 Å². The van der Waals surface area contributed by atoms with Crippen LogP contribution in [0.15, 0.2) is 53.4 Å². The van der Waals surface area contributed by atoms with Crippen molar-refractivity contribution in [3.05, 3.63) is 66.1 Å². The summed E-state index contributed by atoms with van der Waals surface area (Å²) >= 11 is 0. The summed E-state index contributed by atoms with van der Waals surface area (Å²) in [6, 6.07) is 9.27. The summed E-state index contributed by atoms with van der Waals surface area (Å²) in [6.45, 7) is 5.73. The molecule has 0 fully saturated rings. The summed E-state index contributed by atoms with van der Waals surface area (Å²) in [5, 5.41) is 7.76. The van der Waals surface area contributed by atoms with E-state index in [0.29, 0.717) is 17.1 Å². The smallest absolute Gasteiger partial charge is 0.270 e. The Morgan fingerprint density at radius 2 is 1.85 bits per heavy atom. The average molecular weight is 463 g/mol. The molecule has 0 aliphatic rings. The molecule has 2 amide bonds. The van der Waals surface area contributed by atoms with Gasteiger partial charge in [-0.3, -0.25) is 9.59 Å². The molecule has 0 spiro atoms. The molecule has 5 N–H and O–H groups in total. The fourth-order valence-corrected chi connectivity index (χ4v) is 3.60. The van der Waals surface area contributed by atoms with Gasteiger partial charge in [-0.25, -0.2) is 9.50 Å². The van der Waals surface area contributed by atoms with E-state index in [1.807, 2.05) is 57.3 Å². The Morgan fingerprint density at radius 1 is 1.15 bits per heavy atom. The van der Waals surface area contributed by atoms with Gasteiger partial charge in [0.05, 0.1) is 35.5 Å². The second-order valence-corrected chi connectivity index (χ2v) is 8.57. The number of rotatable bonds is 8. The first-order valence-corrected chi connectivity index (χ1v) is 10.6. The van der Waals surface area contributed by atoms with E-state index in [2.05, 4.69) is 15.4 Å². The highest BCUT2D eigenvalue weighted by molar-refractivity contribution is 6.02. The van der Waals surface area contributed by atoms with Crippen molar-refractivity contribution in [3.8, 4) is 16.9 Å². The average Bonchev–Trinajstić information content (AvgIpc) is 3.47. The molecule has 0 saturated heterocycles. The summed E-state index contributed by atoms with van der Waals surface area (Å²) < 4.78 is 12.4. The Balaban J connectivity index is 1.74. The van der Waals surface area contributed by atoms with Crippen molar-refractivity contribution in [2.24, 2.45) is 11.5 Å². The molecule has 0 radical (unpaired) electrons. The lowest BCUT2D eigenvalue weighted by Crippen LogP contribution is -2.38. The van der Waals surface area contributed by atoms with E-state index in [1.54, 1.807) is 11.6 Å². The molecule has 34 heavy (non-hydrogen) atoms. The number of carbonyl (C=O) groups is 2. The van der Waals surface area contributed by atoms with Gasteiger partial charge in [0.25, 0.3) is 11.8 Å². The van der Waals surface area contributed by atoms with Crippen LogP contribution in [0.2, 0.25) is 0 Å². The van der Waals surface area contributed by atoms with Crippen LogP contribution in [-0.4, -0.2) is 39.6 Å². The van der Waals surface area contributed by atoms with Crippen LogP contribution in [0, 0.1) is 0 Å². The first-order valence-electron chi connectivity index (χ1n) is 10.6. The van der Waals surface area contributed by atoms with Crippen molar-refractivity contribution < 1.29 is 18.7 Å². The molecule has 1 atom stereocenters. The van der Waals surface area contributed by atoms with Crippen molar-refractivity contribution >= 4 is 23.0 Å². The number of nitrogens with zero attached hydrogens (tertiary/aromatic N) is 3. The number of ether oxygens (including phenoxy) is 1. The monoisotopic (exact) mass is 462 g/mol. The fourth-order valence-electron chi connectivity index (χ4n) is 3.60. The Labute approximate surface area is 195 Å². The lowest BCUT2D eigenvalue weighted by molar-refractivity contribution is 0.0989.